The topological polar surface area (TPSA) is 60.0 Å². The first-order chi connectivity index (χ1) is 7.83. The lowest BCUT2D eigenvalue weighted by molar-refractivity contribution is 0.114. The fourth-order valence-corrected chi connectivity index (χ4v) is 2.93. The van der Waals surface area contributed by atoms with Gasteiger partial charge in [-0.2, -0.15) is 0 Å². The van der Waals surface area contributed by atoms with Crippen LogP contribution in [0.5, 0.6) is 0 Å². The molecule has 88 valence electrons. The van der Waals surface area contributed by atoms with Crippen LogP contribution in [0.3, 0.4) is 0 Å². The lowest BCUT2D eigenvalue weighted by atomic mass is 9.90. The summed E-state index contributed by atoms with van der Waals surface area (Å²) in [6, 6.07) is 1.06. The molecule has 0 bridgehead atoms. The first-order valence-electron chi connectivity index (χ1n) is 6.19. The van der Waals surface area contributed by atoms with Crippen LogP contribution in [0.1, 0.15) is 31.5 Å². The molecule has 16 heavy (non-hydrogen) atoms. The van der Waals surface area contributed by atoms with Gasteiger partial charge >= 0.3 is 0 Å². The fourth-order valence-electron chi connectivity index (χ4n) is 2.93. The lowest BCUT2D eigenvalue weighted by Gasteiger charge is -2.38. The summed E-state index contributed by atoms with van der Waals surface area (Å²) in [5.74, 6) is 1.10. The van der Waals surface area contributed by atoms with Crippen molar-refractivity contribution >= 4 is 0 Å². The minimum atomic E-state index is 0.401. The smallest absolute Gasteiger partial charge is 0.147 e. The number of nitrogens with zero attached hydrogens (tertiary/aromatic N) is 4. The Labute approximate surface area is 95.6 Å². The van der Waals surface area contributed by atoms with Crippen molar-refractivity contribution in [3.05, 3.63) is 12.2 Å². The van der Waals surface area contributed by atoms with Crippen molar-refractivity contribution in [2.75, 3.05) is 6.54 Å². The van der Waals surface area contributed by atoms with Crippen molar-refractivity contribution in [1.82, 2.24) is 19.7 Å². The zero-order valence-corrected chi connectivity index (χ0v) is 9.55. The molecule has 0 aromatic carbocycles. The Balaban J connectivity index is 1.68. The van der Waals surface area contributed by atoms with Gasteiger partial charge in [0.25, 0.3) is 0 Å². The highest BCUT2D eigenvalue weighted by Gasteiger charge is 2.28. The summed E-state index contributed by atoms with van der Waals surface area (Å²) in [6.45, 7) is 3.08. The van der Waals surface area contributed by atoms with E-state index in [1.165, 1.54) is 19.3 Å². The van der Waals surface area contributed by atoms with Gasteiger partial charge in [0.1, 0.15) is 12.2 Å². The Morgan fingerprint density at radius 3 is 3.12 bits per heavy atom. The van der Waals surface area contributed by atoms with Crippen molar-refractivity contribution in [3.63, 3.8) is 0 Å². The van der Waals surface area contributed by atoms with Gasteiger partial charge < -0.3 is 10.3 Å². The predicted molar refractivity (Wildman–Crippen MR) is 60.7 cm³/mol. The van der Waals surface area contributed by atoms with Crippen LogP contribution in [-0.4, -0.2) is 38.3 Å². The van der Waals surface area contributed by atoms with Gasteiger partial charge in [0.2, 0.25) is 0 Å². The van der Waals surface area contributed by atoms with Crippen molar-refractivity contribution in [2.45, 2.75) is 50.9 Å². The number of hydrogen-bond acceptors (Lipinski definition) is 4. The second-order valence-corrected chi connectivity index (χ2v) is 4.99. The Morgan fingerprint density at radius 1 is 1.31 bits per heavy atom. The van der Waals surface area contributed by atoms with Crippen LogP contribution >= 0.6 is 0 Å². The normalized spacial score (nSPS) is 31.3. The van der Waals surface area contributed by atoms with Gasteiger partial charge in [0.15, 0.2) is 0 Å². The zero-order chi connectivity index (χ0) is 11.0. The van der Waals surface area contributed by atoms with Gasteiger partial charge in [-0.15, -0.1) is 10.2 Å². The van der Waals surface area contributed by atoms with Crippen LogP contribution in [0, 0.1) is 0 Å². The quantitative estimate of drug-likeness (QED) is 0.744. The predicted octanol–water partition coefficient (Wildman–Crippen LogP) is 0.364. The molecule has 2 atom stereocenters. The number of fused-ring (bicyclic) bond motifs is 1. The molecule has 1 aliphatic heterocycles. The summed E-state index contributed by atoms with van der Waals surface area (Å²) in [7, 11) is 0. The largest absolute Gasteiger partial charge is 0.328 e. The third-order valence-electron chi connectivity index (χ3n) is 3.87. The van der Waals surface area contributed by atoms with Crippen LogP contribution in [0.15, 0.2) is 6.33 Å². The second-order valence-electron chi connectivity index (χ2n) is 4.99. The molecule has 3 rings (SSSR count). The van der Waals surface area contributed by atoms with E-state index in [0.717, 1.165) is 31.9 Å². The van der Waals surface area contributed by atoms with E-state index in [4.69, 9.17) is 5.73 Å². The number of aromatic nitrogens is 3. The van der Waals surface area contributed by atoms with Gasteiger partial charge in [-0.1, -0.05) is 6.42 Å². The minimum Gasteiger partial charge on any atom is -0.328 e. The number of hydrogen-bond donors (Lipinski definition) is 1. The maximum Gasteiger partial charge on any atom is 0.147 e. The van der Waals surface area contributed by atoms with Crippen LogP contribution in [0.25, 0.3) is 0 Å². The molecule has 0 amide bonds. The summed E-state index contributed by atoms with van der Waals surface area (Å²) in [6.07, 6.45) is 6.74. The highest BCUT2D eigenvalue weighted by Crippen LogP contribution is 2.24. The summed E-state index contributed by atoms with van der Waals surface area (Å²) in [5.41, 5.74) is 6.05. The maximum absolute atomic E-state index is 6.05. The summed E-state index contributed by atoms with van der Waals surface area (Å²) < 4.78 is 2.15. The van der Waals surface area contributed by atoms with E-state index in [1.54, 1.807) is 0 Å². The van der Waals surface area contributed by atoms with Crippen molar-refractivity contribution in [1.29, 1.82) is 0 Å². The Morgan fingerprint density at radius 2 is 2.25 bits per heavy atom. The van der Waals surface area contributed by atoms with Gasteiger partial charge in [-0.05, 0) is 19.3 Å². The van der Waals surface area contributed by atoms with E-state index in [0.29, 0.717) is 12.1 Å². The molecular weight excluding hydrogens is 202 g/mol. The Bertz CT molecular complexity index is 361. The minimum absolute atomic E-state index is 0.401. The standard InChI is InChI=1S/C11H19N5/c12-9-2-1-3-10(6-9)15-4-5-16-8-13-14-11(16)7-15/h8-10H,1-7,12H2. The molecule has 2 N–H and O–H groups in total. The molecule has 0 saturated heterocycles. The summed E-state index contributed by atoms with van der Waals surface area (Å²) >= 11 is 0. The highest BCUT2D eigenvalue weighted by molar-refractivity contribution is 4.93. The van der Waals surface area contributed by atoms with Gasteiger partial charge in [0, 0.05) is 25.2 Å². The molecule has 1 aromatic heterocycles. The summed E-state index contributed by atoms with van der Waals surface area (Å²) in [5, 5.41) is 8.12. The molecule has 2 unspecified atom stereocenters. The van der Waals surface area contributed by atoms with Crippen LogP contribution in [0.2, 0.25) is 0 Å². The monoisotopic (exact) mass is 221 g/mol. The van der Waals surface area contributed by atoms with Crippen molar-refractivity contribution in [3.8, 4) is 0 Å². The molecule has 5 nitrogen and oxygen atoms in total. The molecule has 2 aliphatic rings. The summed E-state index contributed by atoms with van der Waals surface area (Å²) in [4.78, 5) is 2.53. The number of rotatable bonds is 1. The average molecular weight is 221 g/mol. The van der Waals surface area contributed by atoms with E-state index in [1.807, 2.05) is 6.33 Å². The van der Waals surface area contributed by atoms with Crippen molar-refractivity contribution < 1.29 is 0 Å². The van der Waals surface area contributed by atoms with E-state index in [9.17, 15) is 0 Å². The Hall–Kier alpha value is -0.940. The van der Waals surface area contributed by atoms with Crippen LogP contribution in [0.4, 0.5) is 0 Å². The van der Waals surface area contributed by atoms with Gasteiger partial charge in [0.05, 0.1) is 6.54 Å². The third kappa shape index (κ3) is 1.85. The van der Waals surface area contributed by atoms with Gasteiger partial charge in [-0.25, -0.2) is 0 Å². The third-order valence-corrected chi connectivity index (χ3v) is 3.87. The zero-order valence-electron chi connectivity index (χ0n) is 9.55. The average Bonchev–Trinajstić information content (AvgIpc) is 2.75. The molecule has 1 saturated carbocycles. The van der Waals surface area contributed by atoms with E-state index in [-0.39, 0.29) is 0 Å². The fraction of sp³-hybridized carbons (Fsp3) is 0.818. The van der Waals surface area contributed by atoms with Gasteiger partial charge in [-0.3, -0.25) is 4.90 Å². The number of nitrogens with two attached hydrogens (primary N) is 1. The second kappa shape index (κ2) is 4.14. The van der Waals surface area contributed by atoms with Crippen molar-refractivity contribution in [2.24, 2.45) is 5.73 Å². The van der Waals surface area contributed by atoms with Crippen LogP contribution < -0.4 is 5.73 Å². The van der Waals surface area contributed by atoms with E-state index < -0.39 is 0 Å². The molecule has 1 aromatic rings. The molecule has 0 spiro atoms. The molecule has 1 fully saturated rings. The lowest BCUT2D eigenvalue weighted by Crippen LogP contribution is -2.45. The maximum atomic E-state index is 6.05. The SMILES string of the molecule is NC1CCCC(N2CCn3cnnc3C2)C1. The molecule has 0 radical (unpaired) electrons. The first kappa shape index (κ1) is 10.2. The molecule has 2 heterocycles. The van der Waals surface area contributed by atoms with E-state index in [2.05, 4.69) is 19.7 Å². The first-order valence-corrected chi connectivity index (χ1v) is 6.19. The Kier molecular flexibility index (Phi) is 2.65. The van der Waals surface area contributed by atoms with Crippen LogP contribution in [-0.2, 0) is 13.1 Å². The highest BCUT2D eigenvalue weighted by atomic mass is 15.3. The molecule has 5 heteroatoms. The van der Waals surface area contributed by atoms with E-state index >= 15 is 0 Å². The molecular formula is C11H19N5. The molecule has 1 aliphatic carbocycles.